The molecule has 0 spiro atoms. The predicted octanol–water partition coefficient (Wildman–Crippen LogP) is 3.69. The van der Waals surface area contributed by atoms with Crippen molar-refractivity contribution in [1.29, 1.82) is 0 Å². The smallest absolute Gasteiger partial charge is 0.126 e. The van der Waals surface area contributed by atoms with Crippen LogP contribution in [0.15, 0.2) is 18.2 Å². The number of nitrogens with one attached hydrogen (secondary N) is 1. The van der Waals surface area contributed by atoms with E-state index in [1.807, 2.05) is 6.07 Å². The van der Waals surface area contributed by atoms with Crippen molar-refractivity contribution in [3.05, 3.63) is 35.1 Å². The van der Waals surface area contributed by atoms with Crippen LogP contribution in [0.25, 0.3) is 0 Å². The summed E-state index contributed by atoms with van der Waals surface area (Å²) in [6.07, 6.45) is 1.98. The third kappa shape index (κ3) is 2.37. The zero-order valence-corrected chi connectivity index (χ0v) is 11.0. The molecule has 3 atom stereocenters. The summed E-state index contributed by atoms with van der Waals surface area (Å²) in [4.78, 5) is 0. The Morgan fingerprint density at radius 2 is 2.12 bits per heavy atom. The van der Waals surface area contributed by atoms with Crippen LogP contribution in [0, 0.1) is 17.7 Å². The lowest BCUT2D eigenvalue weighted by Gasteiger charge is -2.37. The van der Waals surface area contributed by atoms with Gasteiger partial charge in [-0.25, -0.2) is 4.39 Å². The minimum Gasteiger partial charge on any atom is -0.310 e. The Morgan fingerprint density at radius 1 is 1.35 bits per heavy atom. The molecule has 0 saturated carbocycles. The molecule has 1 aliphatic rings. The molecule has 0 amide bonds. The summed E-state index contributed by atoms with van der Waals surface area (Å²) in [5.41, 5.74) is 2.09. The van der Waals surface area contributed by atoms with E-state index in [9.17, 15) is 4.39 Å². The number of benzene rings is 1. The molecular formula is C15H22FN. The molecule has 0 radical (unpaired) electrons. The van der Waals surface area contributed by atoms with E-state index in [4.69, 9.17) is 0 Å². The van der Waals surface area contributed by atoms with Crippen LogP contribution in [0.1, 0.15) is 44.4 Å². The summed E-state index contributed by atoms with van der Waals surface area (Å²) in [5, 5.41) is 3.57. The zero-order chi connectivity index (χ0) is 12.4. The summed E-state index contributed by atoms with van der Waals surface area (Å²) in [7, 11) is 0. The van der Waals surface area contributed by atoms with E-state index >= 15 is 0 Å². The number of rotatable bonds is 3. The van der Waals surface area contributed by atoms with Gasteiger partial charge in [0.25, 0.3) is 0 Å². The summed E-state index contributed by atoms with van der Waals surface area (Å²) in [6, 6.07) is 5.80. The van der Waals surface area contributed by atoms with Gasteiger partial charge in [0.1, 0.15) is 5.82 Å². The van der Waals surface area contributed by atoms with Crippen LogP contribution in [-0.2, 0) is 6.42 Å². The van der Waals surface area contributed by atoms with Crippen molar-refractivity contribution in [1.82, 2.24) is 5.32 Å². The summed E-state index contributed by atoms with van der Waals surface area (Å²) in [5.74, 6) is 1.06. The van der Waals surface area contributed by atoms with Gasteiger partial charge in [-0.2, -0.15) is 0 Å². The van der Waals surface area contributed by atoms with Gasteiger partial charge in [-0.1, -0.05) is 32.9 Å². The minimum absolute atomic E-state index is 0.0375. The Balaban J connectivity index is 2.35. The van der Waals surface area contributed by atoms with Gasteiger partial charge < -0.3 is 5.32 Å². The molecule has 0 saturated heterocycles. The second-order valence-electron chi connectivity index (χ2n) is 5.28. The number of hydrogen-bond acceptors (Lipinski definition) is 1. The predicted molar refractivity (Wildman–Crippen MR) is 69.5 cm³/mol. The molecule has 1 aromatic carbocycles. The van der Waals surface area contributed by atoms with Crippen molar-refractivity contribution in [2.24, 2.45) is 11.8 Å². The van der Waals surface area contributed by atoms with Crippen molar-refractivity contribution in [3.63, 3.8) is 0 Å². The molecule has 2 rings (SSSR count). The molecule has 0 heterocycles. The highest BCUT2D eigenvalue weighted by molar-refractivity contribution is 5.34. The maximum absolute atomic E-state index is 13.8. The van der Waals surface area contributed by atoms with Gasteiger partial charge >= 0.3 is 0 Å². The molecule has 1 nitrogen and oxygen atoms in total. The fraction of sp³-hybridized carbons (Fsp3) is 0.600. The van der Waals surface area contributed by atoms with Gasteiger partial charge in [0.2, 0.25) is 0 Å². The van der Waals surface area contributed by atoms with Crippen molar-refractivity contribution in [2.75, 3.05) is 6.54 Å². The van der Waals surface area contributed by atoms with Crippen LogP contribution in [0.4, 0.5) is 4.39 Å². The summed E-state index contributed by atoms with van der Waals surface area (Å²) < 4.78 is 13.8. The molecule has 1 N–H and O–H groups in total. The van der Waals surface area contributed by atoms with E-state index in [2.05, 4.69) is 32.2 Å². The number of hydrogen-bond donors (Lipinski definition) is 1. The standard InChI is InChI=1S/C15H22FN/c1-4-8-17-15-11(3)10(2)9-13-12(15)6-5-7-14(13)16/h5-7,10-11,15,17H,4,8-9H2,1-3H3. The highest BCUT2D eigenvalue weighted by Crippen LogP contribution is 2.38. The quantitative estimate of drug-likeness (QED) is 0.842. The highest BCUT2D eigenvalue weighted by atomic mass is 19.1. The molecule has 17 heavy (non-hydrogen) atoms. The van der Waals surface area contributed by atoms with Crippen molar-refractivity contribution >= 4 is 0 Å². The van der Waals surface area contributed by atoms with Crippen molar-refractivity contribution in [3.8, 4) is 0 Å². The molecule has 0 bridgehead atoms. The van der Waals surface area contributed by atoms with E-state index in [-0.39, 0.29) is 5.82 Å². The van der Waals surface area contributed by atoms with Gasteiger partial charge in [-0.3, -0.25) is 0 Å². The Labute approximate surface area is 103 Å². The number of fused-ring (bicyclic) bond motifs is 1. The maximum Gasteiger partial charge on any atom is 0.126 e. The second kappa shape index (κ2) is 5.18. The van der Waals surface area contributed by atoms with Crippen molar-refractivity contribution < 1.29 is 4.39 Å². The normalized spacial score (nSPS) is 27.9. The Hall–Kier alpha value is -0.890. The third-order valence-electron chi connectivity index (χ3n) is 4.05. The van der Waals surface area contributed by atoms with E-state index in [1.165, 1.54) is 5.56 Å². The Morgan fingerprint density at radius 3 is 2.82 bits per heavy atom. The molecule has 0 fully saturated rings. The minimum atomic E-state index is -0.0375. The molecule has 1 aliphatic carbocycles. The lowest BCUT2D eigenvalue weighted by atomic mass is 9.74. The van der Waals surface area contributed by atoms with Gasteiger partial charge in [-0.15, -0.1) is 0 Å². The molecule has 1 aromatic rings. The molecule has 0 aliphatic heterocycles. The maximum atomic E-state index is 13.8. The molecular weight excluding hydrogens is 213 g/mol. The first-order chi connectivity index (χ1) is 8.15. The first-order valence-electron chi connectivity index (χ1n) is 6.65. The van der Waals surface area contributed by atoms with E-state index < -0.39 is 0 Å². The highest BCUT2D eigenvalue weighted by Gasteiger charge is 2.32. The van der Waals surface area contributed by atoms with Crippen LogP contribution in [-0.4, -0.2) is 6.54 Å². The van der Waals surface area contributed by atoms with Crippen molar-refractivity contribution in [2.45, 2.75) is 39.7 Å². The average Bonchev–Trinajstić information content (AvgIpc) is 2.31. The first kappa shape index (κ1) is 12.6. The van der Waals surface area contributed by atoms with Gasteiger partial charge in [0.05, 0.1) is 0 Å². The number of halogens is 1. The van der Waals surface area contributed by atoms with Crippen LogP contribution >= 0.6 is 0 Å². The molecule has 0 aromatic heterocycles. The lowest BCUT2D eigenvalue weighted by Crippen LogP contribution is -2.36. The fourth-order valence-corrected chi connectivity index (χ4v) is 2.80. The third-order valence-corrected chi connectivity index (χ3v) is 4.05. The monoisotopic (exact) mass is 235 g/mol. The van der Waals surface area contributed by atoms with Crippen LogP contribution < -0.4 is 5.32 Å². The van der Waals surface area contributed by atoms with Gasteiger partial charge in [-0.05, 0) is 48.4 Å². The SMILES string of the molecule is CCCNC1c2cccc(F)c2CC(C)C1C. The van der Waals surface area contributed by atoms with Gasteiger partial charge in [0, 0.05) is 6.04 Å². The topological polar surface area (TPSA) is 12.0 Å². The van der Waals surface area contributed by atoms with E-state index in [1.54, 1.807) is 6.07 Å². The summed E-state index contributed by atoms with van der Waals surface area (Å²) in [6.45, 7) is 7.65. The van der Waals surface area contributed by atoms with Gasteiger partial charge in [0.15, 0.2) is 0 Å². The zero-order valence-electron chi connectivity index (χ0n) is 11.0. The molecule has 94 valence electrons. The second-order valence-corrected chi connectivity index (χ2v) is 5.28. The van der Waals surface area contributed by atoms with Crippen LogP contribution in [0.2, 0.25) is 0 Å². The average molecular weight is 235 g/mol. The van der Waals surface area contributed by atoms with Crippen LogP contribution in [0.5, 0.6) is 0 Å². The largest absolute Gasteiger partial charge is 0.310 e. The Kier molecular flexibility index (Phi) is 3.82. The fourth-order valence-electron chi connectivity index (χ4n) is 2.80. The summed E-state index contributed by atoms with van der Waals surface area (Å²) >= 11 is 0. The first-order valence-corrected chi connectivity index (χ1v) is 6.65. The van der Waals surface area contributed by atoms with Crippen LogP contribution in [0.3, 0.4) is 0 Å². The van der Waals surface area contributed by atoms with E-state index in [0.29, 0.717) is 17.9 Å². The molecule has 3 unspecified atom stereocenters. The molecule has 2 heteroatoms. The lowest BCUT2D eigenvalue weighted by molar-refractivity contribution is 0.260. The Bertz CT molecular complexity index is 389. The van der Waals surface area contributed by atoms with E-state index in [0.717, 1.165) is 24.9 Å².